The third-order valence-corrected chi connectivity index (χ3v) is 6.23. The average molecular weight is 433 g/mol. The zero-order chi connectivity index (χ0) is 19.7. The molecule has 0 saturated carbocycles. The third-order valence-electron chi connectivity index (χ3n) is 3.98. The Balaban J connectivity index is 1.45. The molecule has 3 heterocycles. The largest absolute Gasteiger partial charge is 0.329 e. The molecule has 0 unspecified atom stereocenters. The number of anilines is 1. The number of thiophene rings is 1. The van der Waals surface area contributed by atoms with E-state index in [1.165, 1.54) is 22.7 Å². The van der Waals surface area contributed by atoms with E-state index in [-0.39, 0.29) is 24.9 Å². The molecule has 0 bridgehead atoms. The highest BCUT2D eigenvalue weighted by atomic mass is 35.5. The first-order valence-electron chi connectivity index (χ1n) is 8.19. The van der Waals surface area contributed by atoms with Gasteiger partial charge in [0.25, 0.3) is 5.91 Å². The Morgan fingerprint density at radius 3 is 2.86 bits per heavy atom. The van der Waals surface area contributed by atoms with Gasteiger partial charge in [-0.2, -0.15) is 0 Å². The number of thiazole rings is 1. The third kappa shape index (κ3) is 3.91. The van der Waals surface area contributed by atoms with Crippen molar-refractivity contribution < 1.29 is 14.4 Å². The molecule has 142 valence electrons. The number of hydrogen-bond acceptors (Lipinski definition) is 6. The normalized spacial score (nSPS) is 13.7. The van der Waals surface area contributed by atoms with Crippen molar-refractivity contribution in [2.24, 2.45) is 0 Å². The molecule has 0 atom stereocenters. The zero-order valence-electron chi connectivity index (χ0n) is 14.3. The quantitative estimate of drug-likeness (QED) is 0.599. The van der Waals surface area contributed by atoms with Crippen molar-refractivity contribution in [1.82, 2.24) is 15.2 Å². The Kier molecular flexibility index (Phi) is 5.12. The number of hydrogen-bond donors (Lipinski definition) is 2. The maximum atomic E-state index is 12.5. The lowest BCUT2D eigenvalue weighted by Gasteiger charge is -2.13. The number of amides is 4. The van der Waals surface area contributed by atoms with Gasteiger partial charge in [0, 0.05) is 11.1 Å². The number of carbonyl (C=O) groups excluding carboxylic acids is 3. The Morgan fingerprint density at radius 2 is 2.14 bits per heavy atom. The predicted molar refractivity (Wildman–Crippen MR) is 109 cm³/mol. The van der Waals surface area contributed by atoms with E-state index in [1.54, 1.807) is 35.7 Å². The van der Waals surface area contributed by atoms with E-state index in [0.29, 0.717) is 15.7 Å². The lowest BCUT2D eigenvalue weighted by molar-refractivity contribution is -0.125. The molecule has 1 fully saturated rings. The first-order valence-corrected chi connectivity index (χ1v) is 10.3. The lowest BCUT2D eigenvalue weighted by atomic mass is 10.2. The fourth-order valence-electron chi connectivity index (χ4n) is 2.66. The Hall–Kier alpha value is -2.75. The van der Waals surface area contributed by atoms with Crippen LogP contribution in [0.5, 0.6) is 0 Å². The van der Waals surface area contributed by atoms with Crippen LogP contribution in [0.25, 0.3) is 9.88 Å². The van der Waals surface area contributed by atoms with Gasteiger partial charge in [-0.25, -0.2) is 9.78 Å². The monoisotopic (exact) mass is 432 g/mol. The highest BCUT2D eigenvalue weighted by molar-refractivity contribution is 7.23. The van der Waals surface area contributed by atoms with Crippen molar-refractivity contribution in [2.75, 3.05) is 11.9 Å². The highest BCUT2D eigenvalue weighted by Crippen LogP contribution is 2.33. The summed E-state index contributed by atoms with van der Waals surface area (Å²) >= 11 is 8.72. The van der Waals surface area contributed by atoms with Crippen LogP contribution in [0.15, 0.2) is 41.8 Å². The number of halogens is 1. The van der Waals surface area contributed by atoms with Gasteiger partial charge in [-0.05, 0) is 29.8 Å². The Bertz CT molecular complexity index is 1060. The molecular weight excluding hydrogens is 420 g/mol. The van der Waals surface area contributed by atoms with Crippen LogP contribution in [0, 0.1) is 0 Å². The average Bonchev–Trinajstić information content (AvgIpc) is 3.39. The van der Waals surface area contributed by atoms with Crippen LogP contribution in [0.2, 0.25) is 4.34 Å². The van der Waals surface area contributed by atoms with Crippen molar-refractivity contribution in [3.63, 3.8) is 0 Å². The second-order valence-electron chi connectivity index (χ2n) is 5.93. The van der Waals surface area contributed by atoms with Gasteiger partial charge in [0.15, 0.2) is 0 Å². The highest BCUT2D eigenvalue weighted by Gasteiger charge is 2.28. The molecule has 2 aromatic heterocycles. The minimum Gasteiger partial charge on any atom is -0.329 e. The molecular formula is C18H13ClN4O3S2. The number of aromatic nitrogens is 1. The van der Waals surface area contributed by atoms with Crippen LogP contribution in [-0.4, -0.2) is 34.3 Å². The smallest absolute Gasteiger partial charge is 0.324 e. The van der Waals surface area contributed by atoms with Gasteiger partial charge in [0.05, 0.1) is 22.3 Å². The summed E-state index contributed by atoms with van der Waals surface area (Å²) in [6.07, 6.45) is 0. The lowest BCUT2D eigenvalue weighted by Crippen LogP contribution is -2.30. The number of rotatable bonds is 5. The predicted octanol–water partition coefficient (Wildman–Crippen LogP) is 3.83. The van der Waals surface area contributed by atoms with E-state index in [2.05, 4.69) is 15.6 Å². The van der Waals surface area contributed by atoms with Crippen LogP contribution in [0.4, 0.5) is 10.5 Å². The summed E-state index contributed by atoms with van der Waals surface area (Å²) in [5.74, 6) is -0.611. The Morgan fingerprint density at radius 1 is 1.29 bits per heavy atom. The fourth-order valence-corrected chi connectivity index (χ4v) is 4.58. The van der Waals surface area contributed by atoms with Gasteiger partial charge in [-0.1, -0.05) is 23.7 Å². The molecule has 4 rings (SSSR count). The van der Waals surface area contributed by atoms with Crippen molar-refractivity contribution >= 4 is 57.8 Å². The molecule has 1 aliphatic rings. The van der Waals surface area contributed by atoms with E-state index in [1.807, 2.05) is 6.07 Å². The van der Waals surface area contributed by atoms with Gasteiger partial charge in [0.2, 0.25) is 5.91 Å². The molecule has 2 N–H and O–H groups in total. The van der Waals surface area contributed by atoms with Gasteiger partial charge in [0.1, 0.15) is 10.7 Å². The summed E-state index contributed by atoms with van der Waals surface area (Å²) in [6, 6.07) is 10.2. The molecule has 1 saturated heterocycles. The maximum absolute atomic E-state index is 12.5. The first-order chi connectivity index (χ1) is 13.5. The number of imide groups is 1. The van der Waals surface area contributed by atoms with E-state index >= 15 is 0 Å². The molecule has 0 aliphatic carbocycles. The molecule has 7 nitrogen and oxygen atoms in total. The number of nitrogens with zero attached hydrogens (tertiary/aromatic N) is 2. The van der Waals surface area contributed by atoms with Crippen molar-refractivity contribution in [3.05, 3.63) is 57.4 Å². The molecule has 0 radical (unpaired) electrons. The van der Waals surface area contributed by atoms with Gasteiger partial charge in [-0.3, -0.25) is 14.5 Å². The van der Waals surface area contributed by atoms with Crippen molar-refractivity contribution in [1.29, 1.82) is 0 Å². The van der Waals surface area contributed by atoms with E-state index in [0.717, 1.165) is 20.3 Å². The Labute approximate surface area is 173 Å². The van der Waals surface area contributed by atoms with Gasteiger partial charge < -0.3 is 10.6 Å². The van der Waals surface area contributed by atoms with Crippen LogP contribution in [-0.2, 0) is 11.3 Å². The summed E-state index contributed by atoms with van der Waals surface area (Å²) in [6.45, 7) is 0.158. The van der Waals surface area contributed by atoms with Crippen molar-refractivity contribution in [3.8, 4) is 9.88 Å². The van der Waals surface area contributed by atoms with Gasteiger partial charge >= 0.3 is 6.03 Å². The number of benzene rings is 1. The number of urea groups is 1. The molecule has 10 heteroatoms. The van der Waals surface area contributed by atoms with Crippen LogP contribution in [0.1, 0.15) is 16.1 Å². The van der Waals surface area contributed by atoms with Crippen LogP contribution >= 0.6 is 34.3 Å². The topological polar surface area (TPSA) is 91.4 Å². The summed E-state index contributed by atoms with van der Waals surface area (Å²) in [4.78, 5) is 42.3. The van der Waals surface area contributed by atoms with Crippen molar-refractivity contribution in [2.45, 2.75) is 6.54 Å². The van der Waals surface area contributed by atoms with Crippen LogP contribution in [0.3, 0.4) is 0 Å². The molecule has 3 aromatic rings. The van der Waals surface area contributed by atoms with Gasteiger partial charge in [-0.15, -0.1) is 22.7 Å². The fraction of sp³-hybridized carbons (Fsp3) is 0.111. The minimum absolute atomic E-state index is 0.0108. The summed E-state index contributed by atoms with van der Waals surface area (Å²) in [5, 5.41) is 7.69. The van der Waals surface area contributed by atoms with E-state index < -0.39 is 6.03 Å². The van der Waals surface area contributed by atoms with E-state index in [9.17, 15) is 14.4 Å². The second-order valence-corrected chi connectivity index (χ2v) is 8.51. The van der Waals surface area contributed by atoms with E-state index in [4.69, 9.17) is 11.6 Å². The van der Waals surface area contributed by atoms with Crippen LogP contribution < -0.4 is 10.6 Å². The molecule has 0 spiro atoms. The number of carbonyl (C=O) groups is 3. The maximum Gasteiger partial charge on any atom is 0.324 e. The first kappa shape index (κ1) is 18.6. The molecule has 1 aromatic carbocycles. The summed E-state index contributed by atoms with van der Waals surface area (Å²) < 4.78 is 0.665. The number of nitrogens with one attached hydrogen (secondary N) is 2. The standard InChI is InChI=1S/C18H13ClN4O3S2/c19-14-5-4-13(28-14)17-22-12(9-27-17)16(25)21-11-3-1-2-10(6-11)8-23-15(24)7-20-18(23)26/h1-6,9H,7-8H2,(H,20,26)(H,21,25). The SMILES string of the molecule is O=C(Nc1cccc(CN2C(=O)CNC2=O)c1)c1csc(-c2ccc(Cl)s2)n1. The summed E-state index contributed by atoms with van der Waals surface area (Å²) in [5.41, 5.74) is 1.60. The summed E-state index contributed by atoms with van der Waals surface area (Å²) in [7, 11) is 0. The second kappa shape index (κ2) is 7.70. The molecule has 1 aliphatic heterocycles. The zero-order valence-corrected chi connectivity index (χ0v) is 16.7. The minimum atomic E-state index is -0.414. The molecule has 28 heavy (non-hydrogen) atoms. The molecule has 4 amide bonds.